The van der Waals surface area contributed by atoms with Crippen molar-refractivity contribution in [3.8, 4) is 23.1 Å². The van der Waals surface area contributed by atoms with Crippen LogP contribution in [0.25, 0.3) is 22.2 Å². The van der Waals surface area contributed by atoms with Crippen molar-refractivity contribution in [3.05, 3.63) is 60.4 Å². The van der Waals surface area contributed by atoms with E-state index in [0.29, 0.717) is 12.1 Å². The lowest BCUT2D eigenvalue weighted by Gasteiger charge is -2.29. The first-order valence-electron chi connectivity index (χ1n) is 12.4. The SMILES string of the molecule is Cc1c(-c2cc(OC(C)c3ccccn3)c3c(c2)ncn3C2CC2)cnn1C1CCN(C#N)CC1. The van der Waals surface area contributed by atoms with E-state index in [2.05, 4.69) is 39.5 Å². The van der Waals surface area contributed by atoms with Crippen molar-refractivity contribution in [1.29, 1.82) is 5.26 Å². The van der Waals surface area contributed by atoms with Gasteiger partial charge >= 0.3 is 0 Å². The second-order valence-corrected chi connectivity index (χ2v) is 9.65. The molecule has 0 spiro atoms. The van der Waals surface area contributed by atoms with Crippen molar-refractivity contribution >= 4 is 11.0 Å². The van der Waals surface area contributed by atoms with Crippen molar-refractivity contribution in [1.82, 2.24) is 29.2 Å². The standard InChI is InChI=1S/C27H29N7O/c1-18-23(15-31-34(18)22-8-11-32(16-28)12-9-22)20-13-25-27(33(17-30-25)21-6-7-21)26(14-20)35-19(2)24-5-3-4-10-29-24/h3-5,10,13-15,17,19,21-22H,6-9,11-12H2,1-2H3. The van der Waals surface area contributed by atoms with Gasteiger partial charge in [-0.15, -0.1) is 0 Å². The third-order valence-corrected chi connectivity index (χ3v) is 7.29. The number of fused-ring (bicyclic) bond motifs is 1. The van der Waals surface area contributed by atoms with E-state index in [9.17, 15) is 5.26 Å². The van der Waals surface area contributed by atoms with Crippen LogP contribution in [-0.2, 0) is 0 Å². The number of nitriles is 1. The summed E-state index contributed by atoms with van der Waals surface area (Å²) in [4.78, 5) is 11.1. The van der Waals surface area contributed by atoms with Crippen LogP contribution in [0.15, 0.2) is 49.1 Å². The van der Waals surface area contributed by atoms with Gasteiger partial charge in [-0.25, -0.2) is 4.98 Å². The first-order valence-corrected chi connectivity index (χ1v) is 12.4. The van der Waals surface area contributed by atoms with Crippen LogP contribution in [0, 0.1) is 18.4 Å². The van der Waals surface area contributed by atoms with Gasteiger partial charge in [0.25, 0.3) is 0 Å². The van der Waals surface area contributed by atoms with E-state index in [-0.39, 0.29) is 6.10 Å². The van der Waals surface area contributed by atoms with Crippen molar-refractivity contribution < 1.29 is 4.74 Å². The first kappa shape index (κ1) is 21.7. The Hall–Kier alpha value is -3.86. The fraction of sp³-hybridized carbons (Fsp3) is 0.407. The molecule has 3 aromatic heterocycles. The van der Waals surface area contributed by atoms with E-state index in [4.69, 9.17) is 14.8 Å². The van der Waals surface area contributed by atoms with Gasteiger partial charge in [-0.05, 0) is 69.4 Å². The molecule has 4 aromatic rings. The largest absolute Gasteiger partial charge is 0.482 e. The number of ether oxygens (including phenoxy) is 1. The summed E-state index contributed by atoms with van der Waals surface area (Å²) < 4.78 is 10.9. The molecule has 35 heavy (non-hydrogen) atoms. The number of rotatable bonds is 6. The molecule has 1 unspecified atom stereocenters. The number of pyridine rings is 1. The fourth-order valence-electron chi connectivity index (χ4n) is 5.16. The van der Waals surface area contributed by atoms with Crippen LogP contribution in [0.4, 0.5) is 0 Å². The maximum absolute atomic E-state index is 9.17. The normalized spacial score (nSPS) is 17.5. The number of hydrogen-bond donors (Lipinski definition) is 0. The lowest BCUT2D eigenvalue weighted by atomic mass is 10.0. The van der Waals surface area contributed by atoms with Gasteiger partial charge in [0, 0.05) is 36.6 Å². The quantitative estimate of drug-likeness (QED) is 0.363. The molecule has 2 fully saturated rings. The fourth-order valence-corrected chi connectivity index (χ4v) is 5.16. The van der Waals surface area contributed by atoms with Gasteiger partial charge in [-0.1, -0.05) is 6.07 Å². The van der Waals surface area contributed by atoms with Gasteiger partial charge < -0.3 is 14.2 Å². The molecule has 2 aliphatic rings. The molecule has 0 radical (unpaired) electrons. The predicted octanol–water partition coefficient (Wildman–Crippen LogP) is 5.20. The van der Waals surface area contributed by atoms with E-state index >= 15 is 0 Å². The molecular formula is C27H29N7O. The molecule has 1 atom stereocenters. The molecular weight excluding hydrogens is 438 g/mol. The van der Waals surface area contributed by atoms with Crippen LogP contribution >= 0.6 is 0 Å². The molecule has 178 valence electrons. The molecule has 1 saturated heterocycles. The lowest BCUT2D eigenvalue weighted by molar-refractivity contribution is 0.224. The molecule has 8 heteroatoms. The number of likely N-dealkylation sites (tertiary alicyclic amines) is 1. The highest BCUT2D eigenvalue weighted by Gasteiger charge is 2.28. The summed E-state index contributed by atoms with van der Waals surface area (Å²) in [5, 5.41) is 13.9. The minimum atomic E-state index is -0.189. The third kappa shape index (κ3) is 4.01. The van der Waals surface area contributed by atoms with Crippen molar-refractivity contribution in [2.75, 3.05) is 13.1 Å². The van der Waals surface area contributed by atoms with Crippen LogP contribution in [-0.4, -0.2) is 42.3 Å². The van der Waals surface area contributed by atoms with Crippen LogP contribution in [0.5, 0.6) is 5.75 Å². The number of piperidine rings is 1. The summed E-state index contributed by atoms with van der Waals surface area (Å²) in [5.74, 6) is 0.828. The van der Waals surface area contributed by atoms with Gasteiger partial charge in [-0.3, -0.25) is 9.67 Å². The Balaban J connectivity index is 1.37. The van der Waals surface area contributed by atoms with Crippen molar-refractivity contribution in [3.63, 3.8) is 0 Å². The van der Waals surface area contributed by atoms with Crippen LogP contribution in [0.1, 0.15) is 62.2 Å². The second kappa shape index (κ2) is 8.73. The molecule has 0 N–H and O–H groups in total. The number of aromatic nitrogens is 5. The van der Waals surface area contributed by atoms with Gasteiger partial charge in [0.2, 0.25) is 0 Å². The highest BCUT2D eigenvalue weighted by molar-refractivity contribution is 5.88. The molecule has 1 aromatic carbocycles. The topological polar surface area (TPSA) is 84.8 Å². The number of nitrogens with zero attached hydrogens (tertiary/aromatic N) is 7. The van der Waals surface area contributed by atoms with E-state index in [1.165, 1.54) is 12.8 Å². The number of benzene rings is 1. The van der Waals surface area contributed by atoms with Gasteiger partial charge in [0.15, 0.2) is 6.19 Å². The Morgan fingerprint density at radius 2 is 1.91 bits per heavy atom. The minimum Gasteiger partial charge on any atom is -0.482 e. The number of hydrogen-bond acceptors (Lipinski definition) is 6. The highest BCUT2D eigenvalue weighted by atomic mass is 16.5. The summed E-state index contributed by atoms with van der Waals surface area (Å²) in [7, 11) is 0. The van der Waals surface area contributed by atoms with Crippen LogP contribution < -0.4 is 4.74 Å². The summed E-state index contributed by atoms with van der Waals surface area (Å²) in [6.07, 6.45) is 12.0. The molecule has 8 nitrogen and oxygen atoms in total. The molecule has 0 amide bonds. The van der Waals surface area contributed by atoms with E-state index in [1.807, 2.05) is 42.5 Å². The van der Waals surface area contributed by atoms with Gasteiger partial charge in [-0.2, -0.15) is 10.4 Å². The molecule has 1 aliphatic carbocycles. The highest BCUT2D eigenvalue weighted by Crippen LogP contribution is 2.42. The first-order chi connectivity index (χ1) is 17.1. The van der Waals surface area contributed by atoms with Gasteiger partial charge in [0.05, 0.1) is 29.8 Å². The Bertz CT molecular complexity index is 1390. The van der Waals surface area contributed by atoms with E-state index in [0.717, 1.165) is 65.2 Å². The van der Waals surface area contributed by atoms with Crippen molar-refractivity contribution in [2.24, 2.45) is 0 Å². The van der Waals surface area contributed by atoms with Crippen LogP contribution in [0.2, 0.25) is 0 Å². The smallest absolute Gasteiger partial charge is 0.179 e. The average molecular weight is 468 g/mol. The molecule has 1 aliphatic heterocycles. The molecule has 6 rings (SSSR count). The summed E-state index contributed by atoms with van der Waals surface area (Å²) >= 11 is 0. The minimum absolute atomic E-state index is 0.189. The monoisotopic (exact) mass is 467 g/mol. The average Bonchev–Trinajstić information content (AvgIpc) is 3.53. The number of imidazole rings is 1. The zero-order valence-corrected chi connectivity index (χ0v) is 20.1. The van der Waals surface area contributed by atoms with Gasteiger partial charge in [0.1, 0.15) is 17.4 Å². The summed E-state index contributed by atoms with van der Waals surface area (Å²) in [5.41, 5.74) is 6.16. The van der Waals surface area contributed by atoms with Crippen LogP contribution in [0.3, 0.4) is 0 Å². The summed E-state index contributed by atoms with van der Waals surface area (Å²) in [6, 6.07) is 11.0. The van der Waals surface area contributed by atoms with E-state index < -0.39 is 0 Å². The molecule has 4 heterocycles. The Morgan fingerprint density at radius 3 is 2.63 bits per heavy atom. The summed E-state index contributed by atoms with van der Waals surface area (Å²) in [6.45, 7) is 5.73. The Kier molecular flexibility index (Phi) is 5.40. The Labute approximate surface area is 204 Å². The maximum atomic E-state index is 9.17. The maximum Gasteiger partial charge on any atom is 0.179 e. The molecule has 1 saturated carbocycles. The third-order valence-electron chi connectivity index (χ3n) is 7.29. The molecule has 0 bridgehead atoms. The van der Waals surface area contributed by atoms with Crippen molar-refractivity contribution in [2.45, 2.75) is 57.7 Å². The zero-order chi connectivity index (χ0) is 23.9. The zero-order valence-electron chi connectivity index (χ0n) is 20.1. The second-order valence-electron chi connectivity index (χ2n) is 9.65. The Morgan fingerprint density at radius 1 is 1.09 bits per heavy atom. The predicted molar refractivity (Wildman–Crippen MR) is 133 cm³/mol. The van der Waals surface area contributed by atoms with E-state index in [1.54, 1.807) is 6.20 Å². The lowest BCUT2D eigenvalue weighted by Crippen LogP contribution is -2.31.